The number of alkyl halides is 1. The first-order valence-electron chi connectivity index (χ1n) is 5.31. The Bertz CT molecular complexity index is 353. The van der Waals surface area contributed by atoms with Crippen LogP contribution in [0.4, 0.5) is 4.79 Å². The van der Waals surface area contributed by atoms with Crippen molar-refractivity contribution in [1.82, 2.24) is 20.2 Å². The highest BCUT2D eigenvalue weighted by molar-refractivity contribution is 6.19. The molecule has 1 aromatic heterocycles. The number of nitrogens with zero attached hydrogens (tertiary/aromatic N) is 2. The Balaban J connectivity index is 2.06. The Morgan fingerprint density at radius 1 is 1.41 bits per heavy atom. The van der Waals surface area contributed by atoms with E-state index in [1.165, 1.54) is 0 Å². The lowest BCUT2D eigenvalue weighted by atomic mass is 10.4. The predicted octanol–water partition coefficient (Wildman–Crippen LogP) is 0.728. The minimum absolute atomic E-state index is 0.143. The highest BCUT2D eigenvalue weighted by atomic mass is 35.5. The Hall–Kier alpha value is -1.56. The van der Waals surface area contributed by atoms with Crippen molar-refractivity contribution in [2.75, 3.05) is 12.4 Å². The van der Waals surface area contributed by atoms with Gasteiger partial charge in [0.1, 0.15) is 0 Å². The SMILES string of the molecule is O=C(CCCl)NC(=O)NCCCn1ccnc1. The molecule has 7 heteroatoms. The largest absolute Gasteiger partial charge is 0.338 e. The van der Waals surface area contributed by atoms with E-state index in [9.17, 15) is 9.59 Å². The predicted molar refractivity (Wildman–Crippen MR) is 63.7 cm³/mol. The number of nitrogens with one attached hydrogen (secondary N) is 2. The Morgan fingerprint density at radius 2 is 2.24 bits per heavy atom. The first kappa shape index (κ1) is 13.5. The number of rotatable bonds is 6. The summed E-state index contributed by atoms with van der Waals surface area (Å²) in [7, 11) is 0. The fraction of sp³-hybridized carbons (Fsp3) is 0.500. The fourth-order valence-electron chi connectivity index (χ4n) is 1.20. The third-order valence-corrected chi connectivity index (χ3v) is 2.20. The van der Waals surface area contributed by atoms with E-state index in [1.54, 1.807) is 12.5 Å². The maximum atomic E-state index is 11.2. The zero-order valence-electron chi connectivity index (χ0n) is 9.36. The third kappa shape index (κ3) is 5.91. The van der Waals surface area contributed by atoms with E-state index in [0.717, 1.165) is 13.0 Å². The summed E-state index contributed by atoms with van der Waals surface area (Å²) in [4.78, 5) is 26.1. The van der Waals surface area contributed by atoms with Crippen LogP contribution in [0.3, 0.4) is 0 Å². The van der Waals surface area contributed by atoms with Gasteiger partial charge in [-0.3, -0.25) is 10.1 Å². The molecular weight excluding hydrogens is 244 g/mol. The monoisotopic (exact) mass is 258 g/mol. The molecule has 0 aromatic carbocycles. The molecule has 94 valence electrons. The van der Waals surface area contributed by atoms with Crippen LogP contribution in [0, 0.1) is 0 Å². The van der Waals surface area contributed by atoms with Gasteiger partial charge in [-0.2, -0.15) is 0 Å². The number of carbonyl (C=O) groups excluding carboxylic acids is 2. The number of aryl methyl sites for hydroxylation is 1. The van der Waals surface area contributed by atoms with Crippen LogP contribution in [0.1, 0.15) is 12.8 Å². The summed E-state index contributed by atoms with van der Waals surface area (Å²) in [5.41, 5.74) is 0. The van der Waals surface area contributed by atoms with Gasteiger partial charge in [-0.15, -0.1) is 11.6 Å². The second-order valence-corrected chi connectivity index (χ2v) is 3.78. The first-order valence-corrected chi connectivity index (χ1v) is 5.85. The Kier molecular flexibility index (Phi) is 6.09. The van der Waals surface area contributed by atoms with Crippen LogP contribution in [0.25, 0.3) is 0 Å². The highest BCUT2D eigenvalue weighted by Crippen LogP contribution is 1.89. The minimum atomic E-state index is -0.481. The summed E-state index contributed by atoms with van der Waals surface area (Å²) >= 11 is 5.36. The standard InChI is InChI=1S/C10H15ClN4O2/c11-3-2-9(16)14-10(17)13-4-1-6-15-7-5-12-8-15/h5,7-8H,1-4,6H2,(H2,13,14,16,17). The number of urea groups is 1. The lowest BCUT2D eigenvalue weighted by Crippen LogP contribution is -2.40. The molecule has 0 unspecified atom stereocenters. The van der Waals surface area contributed by atoms with Crippen molar-refractivity contribution in [3.8, 4) is 0 Å². The average Bonchev–Trinajstić information content (AvgIpc) is 2.77. The second kappa shape index (κ2) is 7.67. The molecule has 0 aliphatic heterocycles. The topological polar surface area (TPSA) is 76.0 Å². The van der Waals surface area contributed by atoms with Gasteiger partial charge in [-0.05, 0) is 6.42 Å². The summed E-state index contributed by atoms with van der Waals surface area (Å²) < 4.78 is 1.91. The minimum Gasteiger partial charge on any atom is -0.338 e. The zero-order valence-corrected chi connectivity index (χ0v) is 10.1. The van der Waals surface area contributed by atoms with Gasteiger partial charge in [0.05, 0.1) is 6.33 Å². The van der Waals surface area contributed by atoms with Crippen molar-refractivity contribution in [2.24, 2.45) is 0 Å². The van der Waals surface area contributed by atoms with Gasteiger partial charge in [0, 0.05) is 37.8 Å². The van der Waals surface area contributed by atoms with Gasteiger partial charge < -0.3 is 9.88 Å². The van der Waals surface area contributed by atoms with Crippen LogP contribution in [0.15, 0.2) is 18.7 Å². The zero-order chi connectivity index (χ0) is 12.5. The molecule has 0 radical (unpaired) electrons. The van der Waals surface area contributed by atoms with Crippen LogP contribution in [-0.2, 0) is 11.3 Å². The van der Waals surface area contributed by atoms with Crippen LogP contribution in [0.2, 0.25) is 0 Å². The number of aromatic nitrogens is 2. The Labute approximate surface area is 104 Å². The van der Waals surface area contributed by atoms with Crippen LogP contribution in [0.5, 0.6) is 0 Å². The molecule has 1 aromatic rings. The van der Waals surface area contributed by atoms with Gasteiger partial charge in [0.15, 0.2) is 0 Å². The first-order chi connectivity index (χ1) is 8.22. The number of hydrogen-bond donors (Lipinski definition) is 2. The molecule has 0 aliphatic carbocycles. The number of imide groups is 1. The molecular formula is C10H15ClN4O2. The van der Waals surface area contributed by atoms with E-state index >= 15 is 0 Å². The molecule has 17 heavy (non-hydrogen) atoms. The normalized spacial score (nSPS) is 9.94. The molecule has 2 N–H and O–H groups in total. The van der Waals surface area contributed by atoms with E-state index < -0.39 is 6.03 Å². The molecule has 0 spiro atoms. The number of amides is 3. The van der Waals surface area contributed by atoms with Gasteiger partial charge in [-0.1, -0.05) is 0 Å². The maximum absolute atomic E-state index is 11.2. The van der Waals surface area contributed by atoms with Crippen molar-refractivity contribution >= 4 is 23.5 Å². The smallest absolute Gasteiger partial charge is 0.321 e. The van der Waals surface area contributed by atoms with E-state index in [1.807, 2.05) is 10.8 Å². The number of carbonyl (C=O) groups is 2. The van der Waals surface area contributed by atoms with E-state index in [4.69, 9.17) is 11.6 Å². The highest BCUT2D eigenvalue weighted by Gasteiger charge is 2.05. The quantitative estimate of drug-likeness (QED) is 0.583. The Morgan fingerprint density at radius 3 is 2.88 bits per heavy atom. The molecule has 3 amide bonds. The van der Waals surface area contributed by atoms with E-state index in [-0.39, 0.29) is 18.2 Å². The molecule has 0 atom stereocenters. The van der Waals surface area contributed by atoms with Gasteiger partial charge >= 0.3 is 6.03 Å². The van der Waals surface area contributed by atoms with Crippen molar-refractivity contribution in [1.29, 1.82) is 0 Å². The number of hydrogen-bond acceptors (Lipinski definition) is 3. The van der Waals surface area contributed by atoms with Gasteiger partial charge in [0.25, 0.3) is 0 Å². The third-order valence-electron chi connectivity index (χ3n) is 2.01. The summed E-state index contributed by atoms with van der Waals surface area (Å²) in [5, 5.41) is 4.77. The number of halogens is 1. The fourth-order valence-corrected chi connectivity index (χ4v) is 1.37. The summed E-state index contributed by atoms with van der Waals surface area (Å²) in [6.07, 6.45) is 6.18. The van der Waals surface area contributed by atoms with Crippen LogP contribution in [-0.4, -0.2) is 33.9 Å². The van der Waals surface area contributed by atoms with Gasteiger partial charge in [0.2, 0.25) is 5.91 Å². The number of imidazole rings is 1. The molecule has 0 bridgehead atoms. The molecule has 1 rings (SSSR count). The van der Waals surface area contributed by atoms with Crippen molar-refractivity contribution in [2.45, 2.75) is 19.4 Å². The average molecular weight is 259 g/mol. The molecule has 0 saturated carbocycles. The van der Waals surface area contributed by atoms with Crippen molar-refractivity contribution < 1.29 is 9.59 Å². The van der Waals surface area contributed by atoms with E-state index in [0.29, 0.717) is 6.54 Å². The van der Waals surface area contributed by atoms with Crippen molar-refractivity contribution in [3.05, 3.63) is 18.7 Å². The van der Waals surface area contributed by atoms with E-state index in [2.05, 4.69) is 15.6 Å². The molecule has 6 nitrogen and oxygen atoms in total. The second-order valence-electron chi connectivity index (χ2n) is 3.40. The van der Waals surface area contributed by atoms with Crippen molar-refractivity contribution in [3.63, 3.8) is 0 Å². The maximum Gasteiger partial charge on any atom is 0.321 e. The summed E-state index contributed by atoms with van der Waals surface area (Å²) in [5.74, 6) is -0.160. The molecule has 0 saturated heterocycles. The van der Waals surface area contributed by atoms with Crippen LogP contribution < -0.4 is 10.6 Å². The summed E-state index contributed by atoms with van der Waals surface area (Å²) in [6, 6.07) is -0.481. The molecule has 1 heterocycles. The van der Waals surface area contributed by atoms with Gasteiger partial charge in [-0.25, -0.2) is 9.78 Å². The summed E-state index contributed by atoms with van der Waals surface area (Å²) in [6.45, 7) is 1.27. The lowest BCUT2D eigenvalue weighted by molar-refractivity contribution is -0.119. The molecule has 0 fully saturated rings. The van der Waals surface area contributed by atoms with Crippen LogP contribution >= 0.6 is 11.6 Å². The lowest BCUT2D eigenvalue weighted by Gasteiger charge is -2.06. The molecule has 0 aliphatic rings.